The first kappa shape index (κ1) is 23.1. The number of fused-ring (bicyclic) bond motifs is 1. The van der Waals surface area contributed by atoms with E-state index in [1.165, 1.54) is 4.57 Å². The van der Waals surface area contributed by atoms with Crippen molar-refractivity contribution in [2.45, 2.75) is 65.0 Å². The number of nitrogens with one attached hydrogen (secondary N) is 2. The van der Waals surface area contributed by atoms with Gasteiger partial charge in [-0.05, 0) is 38.2 Å². The minimum absolute atomic E-state index is 0. The van der Waals surface area contributed by atoms with E-state index in [1.54, 1.807) is 6.07 Å². The SMILES string of the molecule is CCCn1c(=O)[nH]c(=O)c2c(C(=O)NC(C)(CN)C(C)C)cc(C3CC3)nc21.Cl. The number of nitrogens with two attached hydrogens (primary N) is 1. The fraction of sp³-hybridized carbons (Fsp3) is 0.600. The molecule has 0 aliphatic heterocycles. The topological polar surface area (TPSA) is 123 Å². The van der Waals surface area contributed by atoms with Gasteiger partial charge in [0.05, 0.1) is 16.5 Å². The van der Waals surface area contributed by atoms with E-state index in [4.69, 9.17) is 5.73 Å². The zero-order valence-electron chi connectivity index (χ0n) is 17.4. The molecule has 1 aliphatic carbocycles. The highest BCUT2D eigenvalue weighted by atomic mass is 35.5. The molecule has 1 unspecified atom stereocenters. The highest BCUT2D eigenvalue weighted by Gasteiger charge is 2.32. The fourth-order valence-corrected chi connectivity index (χ4v) is 3.25. The Balaban J connectivity index is 0.00000300. The first-order valence-corrected chi connectivity index (χ1v) is 9.92. The van der Waals surface area contributed by atoms with Crippen molar-refractivity contribution in [1.82, 2.24) is 19.9 Å². The minimum atomic E-state index is -0.614. The number of aromatic nitrogens is 3. The monoisotopic (exact) mass is 423 g/mol. The van der Waals surface area contributed by atoms with Gasteiger partial charge in [0.2, 0.25) is 0 Å². The number of rotatable bonds is 7. The van der Waals surface area contributed by atoms with E-state index in [9.17, 15) is 14.4 Å². The molecule has 9 heteroatoms. The number of halogens is 1. The predicted molar refractivity (Wildman–Crippen MR) is 116 cm³/mol. The summed E-state index contributed by atoms with van der Waals surface area (Å²) in [4.78, 5) is 45.1. The highest BCUT2D eigenvalue weighted by Crippen LogP contribution is 2.40. The van der Waals surface area contributed by atoms with Crippen molar-refractivity contribution in [2.75, 3.05) is 6.54 Å². The largest absolute Gasteiger partial charge is 0.345 e. The van der Waals surface area contributed by atoms with Crippen LogP contribution in [0.3, 0.4) is 0 Å². The molecular formula is C20H30ClN5O3. The maximum Gasteiger partial charge on any atom is 0.329 e. The molecule has 0 radical (unpaired) electrons. The molecule has 0 aromatic carbocycles. The fourth-order valence-electron chi connectivity index (χ4n) is 3.25. The second-order valence-corrected chi connectivity index (χ2v) is 8.21. The summed E-state index contributed by atoms with van der Waals surface area (Å²) in [7, 11) is 0. The van der Waals surface area contributed by atoms with Crippen LogP contribution in [-0.4, -0.2) is 32.5 Å². The summed E-state index contributed by atoms with van der Waals surface area (Å²) in [6.07, 6.45) is 2.69. The summed E-state index contributed by atoms with van der Waals surface area (Å²) < 4.78 is 1.45. The predicted octanol–water partition coefficient (Wildman–Crippen LogP) is 1.90. The van der Waals surface area contributed by atoms with Crippen molar-refractivity contribution < 1.29 is 4.79 Å². The van der Waals surface area contributed by atoms with Crippen molar-refractivity contribution in [3.63, 3.8) is 0 Å². The molecule has 8 nitrogen and oxygen atoms in total. The Labute approximate surface area is 175 Å². The van der Waals surface area contributed by atoms with Crippen LogP contribution in [0.2, 0.25) is 0 Å². The molecule has 1 saturated carbocycles. The maximum absolute atomic E-state index is 13.2. The molecule has 29 heavy (non-hydrogen) atoms. The second-order valence-electron chi connectivity index (χ2n) is 8.21. The number of pyridine rings is 1. The van der Waals surface area contributed by atoms with Crippen LogP contribution in [0.25, 0.3) is 11.0 Å². The van der Waals surface area contributed by atoms with Crippen LogP contribution in [0.15, 0.2) is 15.7 Å². The van der Waals surface area contributed by atoms with Crippen molar-refractivity contribution in [1.29, 1.82) is 0 Å². The van der Waals surface area contributed by atoms with Crippen LogP contribution in [0.1, 0.15) is 68.9 Å². The number of nitrogens with zero attached hydrogens (tertiary/aromatic N) is 2. The Hall–Kier alpha value is -2.19. The smallest absolute Gasteiger partial charge is 0.329 e. The molecule has 2 heterocycles. The lowest BCUT2D eigenvalue weighted by Crippen LogP contribution is -2.55. The Morgan fingerprint density at radius 1 is 1.41 bits per heavy atom. The van der Waals surface area contributed by atoms with E-state index in [-0.39, 0.29) is 53.3 Å². The normalized spacial score (nSPS) is 15.8. The van der Waals surface area contributed by atoms with Crippen LogP contribution in [0.4, 0.5) is 0 Å². The third kappa shape index (κ3) is 4.38. The zero-order valence-corrected chi connectivity index (χ0v) is 18.2. The van der Waals surface area contributed by atoms with Crippen molar-refractivity contribution in [3.8, 4) is 0 Å². The summed E-state index contributed by atoms with van der Waals surface area (Å²) >= 11 is 0. The van der Waals surface area contributed by atoms with Crippen LogP contribution in [0.5, 0.6) is 0 Å². The summed E-state index contributed by atoms with van der Waals surface area (Å²) in [5.74, 6) is 0.00330. The lowest BCUT2D eigenvalue weighted by molar-refractivity contribution is 0.0884. The number of hydrogen-bond acceptors (Lipinski definition) is 5. The Bertz CT molecular complexity index is 1030. The average molecular weight is 424 g/mol. The van der Waals surface area contributed by atoms with Crippen LogP contribution < -0.4 is 22.3 Å². The standard InChI is InChI=1S/C20H29N5O3.ClH/c1-5-8-25-16-15(18(27)23-19(25)28)13(9-14(22-16)12-6-7-12)17(26)24-20(4,10-21)11(2)3;/h9,11-12H,5-8,10,21H2,1-4H3,(H,24,26)(H,23,27,28);1H. The van der Waals surface area contributed by atoms with Gasteiger partial charge >= 0.3 is 5.69 Å². The average Bonchev–Trinajstić information content (AvgIpc) is 3.48. The summed E-state index contributed by atoms with van der Waals surface area (Å²) in [5, 5.41) is 3.15. The van der Waals surface area contributed by atoms with E-state index < -0.39 is 16.8 Å². The third-order valence-corrected chi connectivity index (χ3v) is 5.75. The zero-order chi connectivity index (χ0) is 20.6. The minimum Gasteiger partial charge on any atom is -0.345 e. The van der Waals surface area contributed by atoms with Gasteiger partial charge in [0, 0.05) is 24.7 Å². The number of H-pyrrole nitrogens is 1. The lowest BCUT2D eigenvalue weighted by atomic mass is 9.88. The van der Waals surface area contributed by atoms with Gasteiger partial charge in [0.1, 0.15) is 0 Å². The van der Waals surface area contributed by atoms with E-state index in [1.807, 2.05) is 27.7 Å². The molecule has 4 N–H and O–H groups in total. The van der Waals surface area contributed by atoms with Gasteiger partial charge in [-0.25, -0.2) is 9.78 Å². The van der Waals surface area contributed by atoms with E-state index >= 15 is 0 Å². The quantitative estimate of drug-likeness (QED) is 0.627. The molecule has 2 aromatic heterocycles. The molecule has 1 amide bonds. The number of amides is 1. The molecular weight excluding hydrogens is 394 g/mol. The third-order valence-electron chi connectivity index (χ3n) is 5.75. The van der Waals surface area contributed by atoms with Gasteiger partial charge in [-0.2, -0.15) is 0 Å². The van der Waals surface area contributed by atoms with Gasteiger partial charge < -0.3 is 11.1 Å². The van der Waals surface area contributed by atoms with E-state index in [0.29, 0.717) is 13.0 Å². The Morgan fingerprint density at radius 2 is 2.07 bits per heavy atom. The summed E-state index contributed by atoms with van der Waals surface area (Å²) in [6.45, 7) is 8.49. The first-order chi connectivity index (χ1) is 13.2. The van der Waals surface area contributed by atoms with E-state index in [2.05, 4.69) is 15.3 Å². The van der Waals surface area contributed by atoms with Crippen LogP contribution >= 0.6 is 12.4 Å². The molecule has 160 valence electrons. The molecule has 1 aliphatic rings. The molecule has 0 spiro atoms. The molecule has 1 atom stereocenters. The summed E-state index contributed by atoms with van der Waals surface area (Å²) in [6, 6.07) is 1.70. The Kier molecular flexibility index (Phi) is 6.90. The molecule has 1 fully saturated rings. The van der Waals surface area contributed by atoms with E-state index in [0.717, 1.165) is 18.5 Å². The Morgan fingerprint density at radius 3 is 2.59 bits per heavy atom. The van der Waals surface area contributed by atoms with Gasteiger partial charge in [0.25, 0.3) is 11.5 Å². The molecule has 0 saturated heterocycles. The van der Waals surface area contributed by atoms with Crippen LogP contribution in [0, 0.1) is 5.92 Å². The number of aromatic amines is 1. The van der Waals surface area contributed by atoms with Gasteiger partial charge in [0.15, 0.2) is 5.65 Å². The van der Waals surface area contributed by atoms with Gasteiger partial charge in [-0.15, -0.1) is 12.4 Å². The maximum atomic E-state index is 13.2. The number of carbonyl (C=O) groups is 1. The van der Waals surface area contributed by atoms with Gasteiger partial charge in [-0.1, -0.05) is 20.8 Å². The van der Waals surface area contributed by atoms with Gasteiger partial charge in [-0.3, -0.25) is 19.1 Å². The summed E-state index contributed by atoms with van der Waals surface area (Å²) in [5.41, 5.74) is 5.49. The molecule has 0 bridgehead atoms. The molecule has 2 aromatic rings. The highest BCUT2D eigenvalue weighted by molar-refractivity contribution is 6.05. The number of carbonyl (C=O) groups excluding carboxylic acids is 1. The van der Waals surface area contributed by atoms with Crippen molar-refractivity contribution >= 4 is 29.3 Å². The van der Waals surface area contributed by atoms with Crippen LogP contribution in [-0.2, 0) is 6.54 Å². The van der Waals surface area contributed by atoms with Crippen molar-refractivity contribution in [2.24, 2.45) is 11.7 Å². The molecule has 3 rings (SSSR count). The number of aryl methyl sites for hydroxylation is 1. The second kappa shape index (κ2) is 8.67. The first-order valence-electron chi connectivity index (χ1n) is 9.92. The van der Waals surface area contributed by atoms with Crippen molar-refractivity contribution in [3.05, 3.63) is 38.2 Å². The number of hydrogen-bond donors (Lipinski definition) is 3. The lowest BCUT2D eigenvalue weighted by Gasteiger charge is -2.33.